The number of rotatable bonds is 4. The number of halogens is 2. The third-order valence-corrected chi connectivity index (χ3v) is 6.08. The van der Waals surface area contributed by atoms with Gasteiger partial charge in [-0.15, -0.1) is 0 Å². The second kappa shape index (κ2) is 9.26. The van der Waals surface area contributed by atoms with Crippen molar-refractivity contribution in [3.63, 3.8) is 0 Å². The van der Waals surface area contributed by atoms with Gasteiger partial charge in [0.1, 0.15) is 18.0 Å². The van der Waals surface area contributed by atoms with Gasteiger partial charge in [-0.1, -0.05) is 17.7 Å². The Morgan fingerprint density at radius 1 is 1.12 bits per heavy atom. The van der Waals surface area contributed by atoms with E-state index in [9.17, 15) is 9.18 Å². The molecular formula is C24H22ClFN6O2. The Hall–Kier alpha value is -3.72. The lowest BCUT2D eigenvalue weighted by Crippen LogP contribution is -2.49. The van der Waals surface area contributed by atoms with Crippen molar-refractivity contribution in [2.24, 2.45) is 0 Å². The molecule has 0 saturated carbocycles. The van der Waals surface area contributed by atoms with E-state index in [1.165, 1.54) is 12.4 Å². The Morgan fingerprint density at radius 2 is 1.94 bits per heavy atom. The lowest BCUT2D eigenvalue weighted by atomic mass is 10.1. The second-order valence-corrected chi connectivity index (χ2v) is 8.20. The monoisotopic (exact) mass is 480 g/mol. The topological polar surface area (TPSA) is 76.4 Å². The molecule has 1 fully saturated rings. The van der Waals surface area contributed by atoms with E-state index < -0.39 is 5.82 Å². The van der Waals surface area contributed by atoms with Gasteiger partial charge in [0.2, 0.25) is 0 Å². The normalized spacial score (nSPS) is 14.0. The molecule has 3 aromatic heterocycles. The molecule has 1 aliphatic rings. The van der Waals surface area contributed by atoms with Crippen LogP contribution in [-0.4, -0.2) is 63.3 Å². The molecule has 0 unspecified atom stereocenters. The number of aromatic nitrogens is 4. The lowest BCUT2D eigenvalue weighted by Gasteiger charge is -2.35. The molecule has 174 valence electrons. The second-order valence-electron chi connectivity index (χ2n) is 7.80. The molecule has 1 amide bonds. The fourth-order valence-corrected chi connectivity index (χ4v) is 4.32. The fraction of sp³-hybridized carbons (Fsp3) is 0.250. The van der Waals surface area contributed by atoms with Gasteiger partial charge in [-0.25, -0.2) is 19.2 Å². The Kier molecular flexibility index (Phi) is 6.02. The predicted molar refractivity (Wildman–Crippen MR) is 128 cm³/mol. The molecule has 0 aliphatic carbocycles. The quantitative estimate of drug-likeness (QED) is 0.426. The first-order chi connectivity index (χ1) is 16.6. The maximum Gasteiger partial charge on any atom is 0.409 e. The summed E-state index contributed by atoms with van der Waals surface area (Å²) < 4.78 is 20.8. The van der Waals surface area contributed by atoms with E-state index in [2.05, 4.69) is 19.9 Å². The summed E-state index contributed by atoms with van der Waals surface area (Å²) >= 11 is 6.07. The first-order valence-electron chi connectivity index (χ1n) is 11.0. The Labute approximate surface area is 200 Å². The molecule has 8 nitrogen and oxygen atoms in total. The van der Waals surface area contributed by atoms with Gasteiger partial charge >= 0.3 is 6.09 Å². The van der Waals surface area contributed by atoms with Crippen molar-refractivity contribution in [3.05, 3.63) is 66.0 Å². The summed E-state index contributed by atoms with van der Waals surface area (Å²) in [6.07, 6.45) is 4.86. The molecule has 4 aromatic rings. The van der Waals surface area contributed by atoms with Crippen molar-refractivity contribution >= 4 is 34.5 Å². The minimum atomic E-state index is -0.485. The third kappa shape index (κ3) is 4.03. The molecule has 5 rings (SSSR count). The Bertz CT molecular complexity index is 1340. The molecular weight excluding hydrogens is 459 g/mol. The first kappa shape index (κ1) is 22.1. The van der Waals surface area contributed by atoms with Gasteiger partial charge in [-0.3, -0.25) is 4.98 Å². The van der Waals surface area contributed by atoms with Crippen LogP contribution < -0.4 is 4.90 Å². The molecule has 1 aliphatic heterocycles. The highest BCUT2D eigenvalue weighted by Gasteiger charge is 2.26. The van der Waals surface area contributed by atoms with Crippen molar-refractivity contribution in [1.82, 2.24) is 24.4 Å². The van der Waals surface area contributed by atoms with E-state index in [4.69, 9.17) is 16.3 Å². The molecule has 0 spiro atoms. The zero-order valence-corrected chi connectivity index (χ0v) is 19.2. The highest BCUT2D eigenvalue weighted by Crippen LogP contribution is 2.36. The van der Waals surface area contributed by atoms with Crippen LogP contribution in [0.5, 0.6) is 0 Å². The molecule has 0 N–H and O–H groups in total. The molecule has 34 heavy (non-hydrogen) atoms. The highest BCUT2D eigenvalue weighted by molar-refractivity contribution is 6.30. The molecule has 1 saturated heterocycles. The Balaban J connectivity index is 1.61. The maximum atomic E-state index is 13.8. The number of hydrogen-bond donors (Lipinski definition) is 0. The van der Waals surface area contributed by atoms with E-state index in [0.29, 0.717) is 44.1 Å². The van der Waals surface area contributed by atoms with Crippen LogP contribution in [0.1, 0.15) is 6.92 Å². The van der Waals surface area contributed by atoms with Gasteiger partial charge in [0.15, 0.2) is 5.65 Å². The van der Waals surface area contributed by atoms with Gasteiger partial charge in [0.05, 0.1) is 22.7 Å². The van der Waals surface area contributed by atoms with Crippen LogP contribution in [0.4, 0.5) is 15.0 Å². The van der Waals surface area contributed by atoms with Crippen molar-refractivity contribution in [1.29, 1.82) is 0 Å². The standard InChI is InChI=1S/C24H22ClFN6O2/c1-2-34-24(33)31-11-9-30(10-12-31)22-21-17(20-5-3-4-8-27-20)14-32(23(21)29-15-28-22)16-6-7-19(26)18(25)13-16/h3-8,13-15H,2,9-12H2,1H3. The summed E-state index contributed by atoms with van der Waals surface area (Å²) in [6, 6.07) is 10.3. The van der Waals surface area contributed by atoms with E-state index in [1.807, 2.05) is 29.0 Å². The average molecular weight is 481 g/mol. The van der Waals surface area contributed by atoms with Crippen molar-refractivity contribution in [3.8, 4) is 16.9 Å². The molecule has 0 radical (unpaired) electrons. The first-order valence-corrected chi connectivity index (χ1v) is 11.3. The van der Waals surface area contributed by atoms with E-state index in [-0.39, 0.29) is 11.1 Å². The van der Waals surface area contributed by atoms with Crippen molar-refractivity contribution < 1.29 is 13.9 Å². The van der Waals surface area contributed by atoms with E-state index in [1.54, 1.807) is 30.2 Å². The third-order valence-electron chi connectivity index (χ3n) is 5.79. The minimum absolute atomic E-state index is 0.0307. The van der Waals surface area contributed by atoms with Crippen LogP contribution in [0, 0.1) is 5.82 Å². The van der Waals surface area contributed by atoms with Crippen LogP contribution in [0.2, 0.25) is 5.02 Å². The van der Waals surface area contributed by atoms with Gasteiger partial charge in [0.25, 0.3) is 0 Å². The van der Waals surface area contributed by atoms with Gasteiger partial charge in [-0.2, -0.15) is 0 Å². The minimum Gasteiger partial charge on any atom is -0.450 e. The average Bonchev–Trinajstić information content (AvgIpc) is 3.26. The molecule has 4 heterocycles. The van der Waals surface area contributed by atoms with Gasteiger partial charge in [-0.05, 0) is 37.3 Å². The van der Waals surface area contributed by atoms with E-state index >= 15 is 0 Å². The summed E-state index contributed by atoms with van der Waals surface area (Å²) in [5.74, 6) is 0.266. The number of fused-ring (bicyclic) bond motifs is 1. The number of benzene rings is 1. The summed E-state index contributed by atoms with van der Waals surface area (Å²) in [5.41, 5.74) is 2.94. The molecule has 10 heteroatoms. The fourth-order valence-electron chi connectivity index (χ4n) is 4.15. The van der Waals surface area contributed by atoms with Crippen LogP contribution in [0.3, 0.4) is 0 Å². The number of ether oxygens (including phenoxy) is 1. The van der Waals surface area contributed by atoms with Crippen LogP contribution >= 0.6 is 11.6 Å². The summed E-state index contributed by atoms with van der Waals surface area (Å²) in [4.78, 5) is 29.7. The van der Waals surface area contributed by atoms with Crippen LogP contribution in [0.15, 0.2) is 55.1 Å². The smallest absolute Gasteiger partial charge is 0.409 e. The summed E-state index contributed by atoms with van der Waals surface area (Å²) in [6.45, 7) is 4.39. The number of carbonyl (C=O) groups excluding carboxylic acids is 1. The summed E-state index contributed by atoms with van der Waals surface area (Å²) in [7, 11) is 0. The van der Waals surface area contributed by atoms with Crippen molar-refractivity contribution in [2.45, 2.75) is 6.92 Å². The highest BCUT2D eigenvalue weighted by atomic mass is 35.5. The molecule has 0 bridgehead atoms. The van der Waals surface area contributed by atoms with Crippen LogP contribution in [0.25, 0.3) is 28.0 Å². The number of nitrogens with zero attached hydrogens (tertiary/aromatic N) is 6. The zero-order chi connectivity index (χ0) is 23.7. The maximum absolute atomic E-state index is 13.8. The number of piperazine rings is 1. The van der Waals surface area contributed by atoms with Crippen LogP contribution in [-0.2, 0) is 4.74 Å². The van der Waals surface area contributed by atoms with E-state index in [0.717, 1.165) is 22.5 Å². The number of pyridine rings is 1. The van der Waals surface area contributed by atoms with Gasteiger partial charge in [0, 0.05) is 49.8 Å². The number of hydrogen-bond acceptors (Lipinski definition) is 6. The van der Waals surface area contributed by atoms with Gasteiger partial charge < -0.3 is 19.1 Å². The van der Waals surface area contributed by atoms with Crippen molar-refractivity contribution in [2.75, 3.05) is 37.7 Å². The summed E-state index contributed by atoms with van der Waals surface area (Å²) in [5, 5.41) is 0.856. The molecule has 0 atom stereocenters. The Morgan fingerprint density at radius 3 is 2.65 bits per heavy atom. The number of carbonyl (C=O) groups is 1. The SMILES string of the molecule is CCOC(=O)N1CCN(c2ncnc3c2c(-c2ccccn2)cn3-c2ccc(F)c(Cl)c2)CC1. The zero-order valence-electron chi connectivity index (χ0n) is 18.5. The lowest BCUT2D eigenvalue weighted by molar-refractivity contribution is 0.105. The predicted octanol–water partition coefficient (Wildman–Crippen LogP) is 4.55. The largest absolute Gasteiger partial charge is 0.450 e. The number of anilines is 1. The molecule has 1 aromatic carbocycles. The number of amides is 1.